The van der Waals surface area contributed by atoms with Gasteiger partial charge in [-0.05, 0) is 54.6 Å². The van der Waals surface area contributed by atoms with Crippen LogP contribution in [0.1, 0.15) is 0 Å². The number of anilines is 1. The summed E-state index contributed by atoms with van der Waals surface area (Å²) >= 11 is 0. The first-order valence-corrected chi connectivity index (χ1v) is 8.73. The zero-order valence-electron chi connectivity index (χ0n) is 12.8. The summed E-state index contributed by atoms with van der Waals surface area (Å²) < 4.78 is 59.1. The lowest BCUT2D eigenvalue weighted by atomic mass is 10.3. The summed E-state index contributed by atoms with van der Waals surface area (Å²) in [5.41, 5.74) is 0.198. The van der Waals surface area contributed by atoms with Crippen molar-refractivity contribution in [2.24, 2.45) is 0 Å². The Hall–Kier alpha value is -2.93. The first kappa shape index (κ1) is 16.9. The van der Waals surface area contributed by atoms with Gasteiger partial charge < -0.3 is 4.74 Å². The average molecular weight is 361 g/mol. The second-order valence-corrected chi connectivity index (χ2v) is 6.77. The van der Waals surface area contributed by atoms with Gasteiger partial charge >= 0.3 is 0 Å². The SMILES string of the molecule is O=S(=O)(Nc1ccc(Oc2ccccc2)cc1)c1cc(F)ccc1F. The van der Waals surface area contributed by atoms with Crippen LogP contribution in [0.25, 0.3) is 0 Å². The maximum absolute atomic E-state index is 13.7. The molecule has 0 radical (unpaired) electrons. The molecule has 4 nitrogen and oxygen atoms in total. The molecule has 0 aliphatic rings. The van der Waals surface area contributed by atoms with E-state index >= 15 is 0 Å². The number of halogens is 2. The molecule has 1 N–H and O–H groups in total. The van der Waals surface area contributed by atoms with Crippen molar-refractivity contribution < 1.29 is 21.9 Å². The van der Waals surface area contributed by atoms with Gasteiger partial charge in [0.2, 0.25) is 0 Å². The van der Waals surface area contributed by atoms with Gasteiger partial charge in [0.1, 0.15) is 28.0 Å². The predicted molar refractivity (Wildman–Crippen MR) is 90.1 cm³/mol. The quantitative estimate of drug-likeness (QED) is 0.725. The Morgan fingerprint density at radius 1 is 0.800 bits per heavy atom. The number of ether oxygens (including phenoxy) is 1. The van der Waals surface area contributed by atoms with E-state index in [4.69, 9.17) is 4.74 Å². The summed E-state index contributed by atoms with van der Waals surface area (Å²) in [5, 5.41) is 0. The maximum atomic E-state index is 13.7. The topological polar surface area (TPSA) is 55.4 Å². The number of para-hydroxylation sites is 1. The molecule has 3 rings (SSSR count). The van der Waals surface area contributed by atoms with Gasteiger partial charge in [0, 0.05) is 5.69 Å². The van der Waals surface area contributed by atoms with E-state index in [2.05, 4.69) is 4.72 Å². The van der Waals surface area contributed by atoms with Crippen molar-refractivity contribution in [3.05, 3.63) is 84.4 Å². The molecule has 0 fully saturated rings. The molecule has 0 saturated carbocycles. The third-order valence-electron chi connectivity index (χ3n) is 3.27. The molecule has 0 spiro atoms. The van der Waals surface area contributed by atoms with Crippen molar-refractivity contribution in [1.82, 2.24) is 0 Å². The van der Waals surface area contributed by atoms with Crippen LogP contribution in [0.3, 0.4) is 0 Å². The number of hydrogen-bond acceptors (Lipinski definition) is 3. The normalized spacial score (nSPS) is 11.1. The fourth-order valence-electron chi connectivity index (χ4n) is 2.11. The van der Waals surface area contributed by atoms with E-state index in [9.17, 15) is 17.2 Å². The molecule has 3 aromatic carbocycles. The summed E-state index contributed by atoms with van der Waals surface area (Å²) in [6, 6.07) is 17.4. The van der Waals surface area contributed by atoms with Gasteiger partial charge in [0.05, 0.1) is 0 Å². The highest BCUT2D eigenvalue weighted by Gasteiger charge is 2.20. The molecule has 0 bridgehead atoms. The monoisotopic (exact) mass is 361 g/mol. The van der Waals surface area contributed by atoms with Gasteiger partial charge in [0.15, 0.2) is 0 Å². The molecular weight excluding hydrogens is 348 g/mol. The minimum Gasteiger partial charge on any atom is -0.457 e. The lowest BCUT2D eigenvalue weighted by Crippen LogP contribution is -2.14. The van der Waals surface area contributed by atoms with Crippen molar-refractivity contribution in [2.45, 2.75) is 4.90 Å². The van der Waals surface area contributed by atoms with Crippen molar-refractivity contribution in [2.75, 3.05) is 4.72 Å². The molecule has 25 heavy (non-hydrogen) atoms. The third-order valence-corrected chi connectivity index (χ3v) is 4.66. The van der Waals surface area contributed by atoms with Crippen molar-refractivity contribution >= 4 is 15.7 Å². The van der Waals surface area contributed by atoms with E-state index in [1.807, 2.05) is 18.2 Å². The van der Waals surface area contributed by atoms with Crippen LogP contribution < -0.4 is 9.46 Å². The van der Waals surface area contributed by atoms with E-state index < -0.39 is 26.6 Å². The van der Waals surface area contributed by atoms with Crippen molar-refractivity contribution in [3.63, 3.8) is 0 Å². The zero-order valence-corrected chi connectivity index (χ0v) is 13.6. The maximum Gasteiger partial charge on any atom is 0.264 e. The van der Waals surface area contributed by atoms with Crippen LogP contribution in [0.15, 0.2) is 77.7 Å². The van der Waals surface area contributed by atoms with Gasteiger partial charge in [-0.25, -0.2) is 17.2 Å². The van der Waals surface area contributed by atoms with Crippen LogP contribution in [0.5, 0.6) is 11.5 Å². The van der Waals surface area contributed by atoms with E-state index in [0.717, 1.165) is 12.1 Å². The molecule has 0 aromatic heterocycles. The molecule has 7 heteroatoms. The smallest absolute Gasteiger partial charge is 0.264 e. The van der Waals surface area contributed by atoms with E-state index in [-0.39, 0.29) is 5.69 Å². The molecule has 3 aromatic rings. The average Bonchev–Trinajstić information content (AvgIpc) is 2.59. The summed E-state index contributed by atoms with van der Waals surface area (Å²) in [6.07, 6.45) is 0. The van der Waals surface area contributed by atoms with E-state index in [1.165, 1.54) is 12.1 Å². The van der Waals surface area contributed by atoms with Gasteiger partial charge in [-0.3, -0.25) is 4.72 Å². The highest BCUT2D eigenvalue weighted by Crippen LogP contribution is 2.24. The van der Waals surface area contributed by atoms with Gasteiger partial charge in [-0.15, -0.1) is 0 Å². The Bertz CT molecular complexity index is 975. The van der Waals surface area contributed by atoms with E-state index in [0.29, 0.717) is 17.6 Å². The molecular formula is C18H13F2NO3S. The van der Waals surface area contributed by atoms with Crippen LogP contribution >= 0.6 is 0 Å². The largest absolute Gasteiger partial charge is 0.457 e. The van der Waals surface area contributed by atoms with Gasteiger partial charge in [-0.1, -0.05) is 18.2 Å². The van der Waals surface area contributed by atoms with Crippen molar-refractivity contribution in [3.8, 4) is 11.5 Å². The molecule has 0 atom stereocenters. The fraction of sp³-hybridized carbons (Fsp3) is 0. The number of benzene rings is 3. The standard InChI is InChI=1S/C18H13F2NO3S/c19-13-6-11-17(20)18(12-13)25(22,23)21-14-7-9-16(10-8-14)24-15-4-2-1-3-5-15/h1-12,21H. The Kier molecular flexibility index (Phi) is 4.67. The summed E-state index contributed by atoms with van der Waals surface area (Å²) in [6.45, 7) is 0. The Labute approximate surface area is 143 Å². The predicted octanol–water partition coefficient (Wildman–Crippen LogP) is 4.56. The van der Waals surface area contributed by atoms with Gasteiger partial charge in [0.25, 0.3) is 10.0 Å². The van der Waals surface area contributed by atoms with Gasteiger partial charge in [-0.2, -0.15) is 0 Å². The molecule has 0 saturated heterocycles. The lowest BCUT2D eigenvalue weighted by Gasteiger charge is -2.10. The fourth-order valence-corrected chi connectivity index (χ4v) is 3.26. The van der Waals surface area contributed by atoms with E-state index in [1.54, 1.807) is 24.3 Å². The molecule has 0 aliphatic carbocycles. The number of hydrogen-bond donors (Lipinski definition) is 1. The first-order valence-electron chi connectivity index (χ1n) is 7.25. The highest BCUT2D eigenvalue weighted by atomic mass is 32.2. The van der Waals surface area contributed by atoms with Crippen LogP contribution in [0.2, 0.25) is 0 Å². The summed E-state index contributed by atoms with van der Waals surface area (Å²) in [7, 11) is -4.24. The van der Waals surface area contributed by atoms with Crippen molar-refractivity contribution in [1.29, 1.82) is 0 Å². The first-order chi connectivity index (χ1) is 11.9. The second kappa shape index (κ2) is 6.90. The Morgan fingerprint density at radius 2 is 1.44 bits per heavy atom. The minimum atomic E-state index is -4.24. The molecule has 128 valence electrons. The Morgan fingerprint density at radius 3 is 2.12 bits per heavy atom. The third kappa shape index (κ3) is 4.13. The lowest BCUT2D eigenvalue weighted by molar-refractivity contribution is 0.483. The highest BCUT2D eigenvalue weighted by molar-refractivity contribution is 7.92. The number of sulfonamides is 1. The second-order valence-electron chi connectivity index (χ2n) is 5.12. The van der Waals surface area contributed by atoms with Crippen LogP contribution in [-0.2, 0) is 10.0 Å². The summed E-state index contributed by atoms with van der Waals surface area (Å²) in [5.74, 6) is -0.727. The minimum absolute atomic E-state index is 0.198. The molecule has 0 aliphatic heterocycles. The molecule has 0 heterocycles. The van der Waals surface area contributed by atoms with Crippen LogP contribution in [0.4, 0.5) is 14.5 Å². The van der Waals surface area contributed by atoms with Crippen LogP contribution in [0, 0.1) is 11.6 Å². The molecule has 0 amide bonds. The Balaban J connectivity index is 1.78. The number of rotatable bonds is 5. The zero-order chi connectivity index (χ0) is 17.9. The summed E-state index contributed by atoms with van der Waals surface area (Å²) in [4.78, 5) is -0.753. The van der Waals surface area contributed by atoms with Crippen LogP contribution in [-0.4, -0.2) is 8.42 Å². The number of nitrogens with one attached hydrogen (secondary N) is 1. The molecule has 0 unspecified atom stereocenters.